The molecule has 1 unspecified atom stereocenters. The fourth-order valence-electron chi connectivity index (χ4n) is 1.87. The molecule has 0 radical (unpaired) electrons. The van der Waals surface area contributed by atoms with E-state index in [0.717, 1.165) is 5.56 Å². The Morgan fingerprint density at radius 1 is 1.05 bits per heavy atom. The van der Waals surface area contributed by atoms with Crippen molar-refractivity contribution in [2.45, 2.75) is 5.60 Å². The van der Waals surface area contributed by atoms with Gasteiger partial charge in [-0.3, -0.25) is 0 Å². The first kappa shape index (κ1) is 12.5. The molecule has 1 aliphatic rings. The summed E-state index contributed by atoms with van der Waals surface area (Å²) in [6.07, 6.45) is 0. The average Bonchev–Trinajstić information content (AvgIpc) is 3.23. The van der Waals surface area contributed by atoms with Crippen LogP contribution in [0.1, 0.15) is 5.56 Å². The average molecular weight is 279 g/mol. The van der Waals surface area contributed by atoms with E-state index in [-0.39, 0.29) is 0 Å². The highest BCUT2D eigenvalue weighted by Crippen LogP contribution is 2.39. The summed E-state index contributed by atoms with van der Waals surface area (Å²) in [5, 5.41) is 0.665. The molecule has 0 saturated carbocycles. The Labute approximate surface area is 115 Å². The fraction of sp³-hybridized carbons (Fsp3) is 0.200. The molecular weight excluding hydrogens is 267 g/mol. The smallest absolute Gasteiger partial charge is 0.145 e. The van der Waals surface area contributed by atoms with E-state index in [1.54, 1.807) is 24.3 Å². The van der Waals surface area contributed by atoms with E-state index >= 15 is 0 Å². The summed E-state index contributed by atoms with van der Waals surface area (Å²) in [7, 11) is 0. The van der Waals surface area contributed by atoms with Crippen molar-refractivity contribution < 1.29 is 13.9 Å². The predicted molar refractivity (Wildman–Crippen MR) is 71.6 cm³/mol. The molecule has 2 nitrogen and oxygen atoms in total. The van der Waals surface area contributed by atoms with E-state index in [4.69, 9.17) is 21.1 Å². The lowest BCUT2D eigenvalue weighted by molar-refractivity contribution is 0.249. The van der Waals surface area contributed by atoms with E-state index in [0.29, 0.717) is 23.1 Å². The van der Waals surface area contributed by atoms with Crippen molar-refractivity contribution in [1.82, 2.24) is 0 Å². The van der Waals surface area contributed by atoms with Crippen molar-refractivity contribution in [2.24, 2.45) is 0 Å². The zero-order valence-corrected chi connectivity index (χ0v) is 10.9. The van der Waals surface area contributed by atoms with Crippen LogP contribution < -0.4 is 4.74 Å². The molecule has 4 heteroatoms. The van der Waals surface area contributed by atoms with Crippen LogP contribution in [0.4, 0.5) is 4.39 Å². The van der Waals surface area contributed by atoms with E-state index < -0.39 is 12.3 Å². The van der Waals surface area contributed by atoms with Gasteiger partial charge in [-0.25, -0.2) is 4.39 Å². The summed E-state index contributed by atoms with van der Waals surface area (Å²) in [4.78, 5) is 0. The van der Waals surface area contributed by atoms with E-state index in [9.17, 15) is 4.39 Å². The van der Waals surface area contributed by atoms with Crippen molar-refractivity contribution in [3.05, 3.63) is 59.1 Å². The molecule has 19 heavy (non-hydrogen) atoms. The SMILES string of the molecule is FCC1(c2ccc(Oc3ccc(Cl)cc3)cc2)CO1. The van der Waals surface area contributed by atoms with Gasteiger partial charge in [-0.15, -0.1) is 0 Å². The van der Waals surface area contributed by atoms with Crippen LogP contribution in [0, 0.1) is 0 Å². The monoisotopic (exact) mass is 278 g/mol. The number of ether oxygens (including phenoxy) is 2. The highest BCUT2D eigenvalue weighted by atomic mass is 35.5. The molecule has 1 fully saturated rings. The molecule has 2 aromatic carbocycles. The molecule has 1 atom stereocenters. The molecule has 1 heterocycles. The highest BCUT2D eigenvalue weighted by Gasteiger charge is 2.46. The lowest BCUT2D eigenvalue weighted by atomic mass is 10.0. The predicted octanol–water partition coefficient (Wildman–Crippen LogP) is 4.33. The zero-order valence-electron chi connectivity index (χ0n) is 10.1. The van der Waals surface area contributed by atoms with Gasteiger partial charge >= 0.3 is 0 Å². The quantitative estimate of drug-likeness (QED) is 0.777. The van der Waals surface area contributed by atoms with Crippen LogP contribution in [0.3, 0.4) is 0 Å². The van der Waals surface area contributed by atoms with E-state index in [1.807, 2.05) is 24.3 Å². The lowest BCUT2D eigenvalue weighted by Gasteiger charge is -2.09. The third-order valence-corrected chi connectivity index (χ3v) is 3.39. The third kappa shape index (κ3) is 2.57. The Kier molecular flexibility index (Phi) is 3.17. The van der Waals surface area contributed by atoms with Gasteiger partial charge in [0, 0.05) is 5.02 Å². The Morgan fingerprint density at radius 2 is 1.58 bits per heavy atom. The second-order valence-corrected chi connectivity index (χ2v) is 4.93. The Hall–Kier alpha value is -1.58. The van der Waals surface area contributed by atoms with Gasteiger partial charge in [0.1, 0.15) is 23.8 Å². The number of rotatable bonds is 4. The maximum absolute atomic E-state index is 12.8. The van der Waals surface area contributed by atoms with Crippen LogP contribution in [-0.2, 0) is 10.3 Å². The minimum absolute atomic E-state index is 0.445. The van der Waals surface area contributed by atoms with Gasteiger partial charge in [0.05, 0.1) is 6.61 Å². The van der Waals surface area contributed by atoms with E-state index in [2.05, 4.69) is 0 Å². The van der Waals surface area contributed by atoms with E-state index in [1.165, 1.54) is 0 Å². The van der Waals surface area contributed by atoms with Gasteiger partial charge in [0.25, 0.3) is 0 Å². The molecule has 0 aromatic heterocycles. The first-order chi connectivity index (χ1) is 9.22. The molecule has 0 amide bonds. The molecule has 0 aliphatic carbocycles. The number of halogens is 2. The van der Waals surface area contributed by atoms with Crippen molar-refractivity contribution in [2.75, 3.05) is 13.3 Å². The number of epoxide rings is 1. The summed E-state index contributed by atoms with van der Waals surface area (Å²) >= 11 is 5.80. The van der Waals surface area contributed by atoms with Crippen LogP contribution in [0.25, 0.3) is 0 Å². The molecule has 98 valence electrons. The topological polar surface area (TPSA) is 21.8 Å². The maximum atomic E-state index is 12.8. The van der Waals surface area contributed by atoms with Crippen LogP contribution >= 0.6 is 11.6 Å². The normalized spacial score (nSPS) is 21.2. The molecular formula is C15H12ClFO2. The maximum Gasteiger partial charge on any atom is 0.145 e. The Balaban J connectivity index is 1.74. The first-order valence-corrected chi connectivity index (χ1v) is 6.34. The van der Waals surface area contributed by atoms with Gasteiger partial charge in [-0.1, -0.05) is 23.7 Å². The van der Waals surface area contributed by atoms with Gasteiger partial charge in [-0.2, -0.15) is 0 Å². The fourth-order valence-corrected chi connectivity index (χ4v) is 2.00. The summed E-state index contributed by atoms with van der Waals surface area (Å²) in [5.74, 6) is 1.40. The summed E-state index contributed by atoms with van der Waals surface area (Å²) < 4.78 is 23.7. The minimum Gasteiger partial charge on any atom is -0.457 e. The molecule has 0 bridgehead atoms. The van der Waals surface area contributed by atoms with Crippen molar-refractivity contribution >= 4 is 11.6 Å². The standard InChI is InChI=1S/C15H12ClFO2/c16-12-3-7-14(8-4-12)19-13-5-1-11(2-6-13)15(9-17)10-18-15/h1-8H,9-10H2. The molecule has 0 spiro atoms. The summed E-state index contributed by atoms with van der Waals surface area (Å²) in [5.41, 5.74) is 0.136. The number of alkyl halides is 1. The second-order valence-electron chi connectivity index (χ2n) is 4.50. The molecule has 1 saturated heterocycles. The Morgan fingerprint density at radius 3 is 2.05 bits per heavy atom. The Bertz CT molecular complexity index is 562. The summed E-state index contributed by atoms with van der Waals surface area (Å²) in [6, 6.07) is 14.4. The molecule has 3 rings (SSSR count). The zero-order chi connectivity index (χ0) is 13.3. The third-order valence-electron chi connectivity index (χ3n) is 3.14. The highest BCUT2D eigenvalue weighted by molar-refractivity contribution is 6.30. The van der Waals surface area contributed by atoms with Gasteiger partial charge in [-0.05, 0) is 42.0 Å². The number of benzene rings is 2. The largest absolute Gasteiger partial charge is 0.457 e. The van der Waals surface area contributed by atoms with Crippen molar-refractivity contribution in [3.63, 3.8) is 0 Å². The minimum atomic E-state index is -0.710. The lowest BCUT2D eigenvalue weighted by Crippen LogP contribution is -2.10. The van der Waals surface area contributed by atoms with Crippen LogP contribution in [-0.4, -0.2) is 13.3 Å². The van der Waals surface area contributed by atoms with Crippen molar-refractivity contribution in [1.29, 1.82) is 0 Å². The van der Waals surface area contributed by atoms with Crippen LogP contribution in [0.15, 0.2) is 48.5 Å². The van der Waals surface area contributed by atoms with Crippen molar-refractivity contribution in [3.8, 4) is 11.5 Å². The number of hydrogen-bond donors (Lipinski definition) is 0. The second kappa shape index (κ2) is 4.83. The first-order valence-electron chi connectivity index (χ1n) is 5.96. The van der Waals surface area contributed by atoms with Crippen LogP contribution in [0.5, 0.6) is 11.5 Å². The molecule has 1 aliphatic heterocycles. The summed E-state index contributed by atoms with van der Waals surface area (Å²) in [6.45, 7) is -0.0503. The molecule has 2 aromatic rings. The van der Waals surface area contributed by atoms with Gasteiger partial charge < -0.3 is 9.47 Å². The van der Waals surface area contributed by atoms with Gasteiger partial charge in [0.2, 0.25) is 0 Å². The molecule has 0 N–H and O–H groups in total. The van der Waals surface area contributed by atoms with Crippen LogP contribution in [0.2, 0.25) is 5.02 Å². The van der Waals surface area contributed by atoms with Gasteiger partial charge in [0.15, 0.2) is 0 Å². The number of hydrogen-bond acceptors (Lipinski definition) is 2.